The van der Waals surface area contributed by atoms with Crippen LogP contribution in [-0.2, 0) is 0 Å². The Kier molecular flexibility index (Phi) is 6.33. The molecule has 1 N–H and O–H groups in total. The predicted octanol–water partition coefficient (Wildman–Crippen LogP) is 4.88. The van der Waals surface area contributed by atoms with Gasteiger partial charge >= 0.3 is 0 Å². The lowest BCUT2D eigenvalue weighted by Crippen LogP contribution is -2.46. The lowest BCUT2D eigenvalue weighted by atomic mass is 9.79. The monoisotopic (exact) mass is 423 g/mol. The van der Waals surface area contributed by atoms with Gasteiger partial charge in [-0.3, -0.25) is 0 Å². The van der Waals surface area contributed by atoms with Gasteiger partial charge in [-0.15, -0.1) is 0 Å². The Morgan fingerprint density at radius 2 is 1.52 bits per heavy atom. The van der Waals surface area contributed by atoms with Crippen LogP contribution in [0.3, 0.4) is 0 Å². The Morgan fingerprint density at radius 1 is 0.903 bits per heavy atom. The van der Waals surface area contributed by atoms with Gasteiger partial charge in [0.2, 0.25) is 5.89 Å². The molecule has 2 saturated heterocycles. The van der Waals surface area contributed by atoms with Crippen molar-refractivity contribution in [2.75, 3.05) is 31.1 Å². The second-order valence-corrected chi connectivity index (χ2v) is 9.97. The third-order valence-electron chi connectivity index (χ3n) is 8.02. The highest BCUT2D eigenvalue weighted by atomic mass is 16.3. The van der Waals surface area contributed by atoms with Crippen molar-refractivity contribution in [2.24, 2.45) is 11.8 Å². The van der Waals surface area contributed by atoms with Gasteiger partial charge in [0, 0.05) is 30.4 Å². The molecule has 1 unspecified atom stereocenters. The quantitative estimate of drug-likeness (QED) is 0.743. The smallest absolute Gasteiger partial charge is 0.226 e. The fourth-order valence-corrected chi connectivity index (χ4v) is 6.08. The number of anilines is 1. The van der Waals surface area contributed by atoms with Gasteiger partial charge in [0.1, 0.15) is 6.26 Å². The Morgan fingerprint density at radius 3 is 2.10 bits per heavy atom. The highest BCUT2D eigenvalue weighted by Crippen LogP contribution is 2.34. The van der Waals surface area contributed by atoms with E-state index in [9.17, 15) is 5.11 Å². The molecule has 1 atom stereocenters. The van der Waals surface area contributed by atoms with E-state index in [0.717, 1.165) is 43.2 Å². The number of likely N-dealkylation sites (tertiary alicyclic amines) is 1. The maximum absolute atomic E-state index is 11.1. The summed E-state index contributed by atoms with van der Waals surface area (Å²) >= 11 is 0. The molecule has 3 heterocycles. The third-order valence-corrected chi connectivity index (χ3v) is 8.02. The molecule has 3 fully saturated rings. The van der Waals surface area contributed by atoms with Crippen molar-refractivity contribution in [3.63, 3.8) is 0 Å². The molecule has 2 aliphatic heterocycles. The molecule has 1 saturated carbocycles. The van der Waals surface area contributed by atoms with Gasteiger partial charge in [-0.25, -0.2) is 4.98 Å². The average molecular weight is 424 g/mol. The molecule has 5 heteroatoms. The van der Waals surface area contributed by atoms with Gasteiger partial charge in [-0.05, 0) is 94.6 Å². The van der Waals surface area contributed by atoms with Gasteiger partial charge in [0.25, 0.3) is 0 Å². The number of aliphatic hydroxyl groups is 1. The number of hydrogen-bond acceptors (Lipinski definition) is 5. The summed E-state index contributed by atoms with van der Waals surface area (Å²) < 4.78 is 5.51. The van der Waals surface area contributed by atoms with Crippen LogP contribution in [0.2, 0.25) is 0 Å². The predicted molar refractivity (Wildman–Crippen MR) is 124 cm³/mol. The molecule has 0 radical (unpaired) electrons. The molecule has 0 spiro atoms. The van der Waals surface area contributed by atoms with Crippen molar-refractivity contribution in [3.05, 3.63) is 36.2 Å². The van der Waals surface area contributed by atoms with Crippen molar-refractivity contribution in [1.82, 2.24) is 9.88 Å². The van der Waals surface area contributed by atoms with Gasteiger partial charge in [-0.1, -0.05) is 12.8 Å². The van der Waals surface area contributed by atoms with Gasteiger partial charge in [0.15, 0.2) is 0 Å². The summed E-state index contributed by atoms with van der Waals surface area (Å²) in [5.74, 6) is 1.64. The lowest BCUT2D eigenvalue weighted by molar-refractivity contribution is 0.00300. The van der Waals surface area contributed by atoms with E-state index >= 15 is 0 Å². The van der Waals surface area contributed by atoms with Crippen molar-refractivity contribution in [1.29, 1.82) is 0 Å². The number of benzene rings is 1. The van der Waals surface area contributed by atoms with Gasteiger partial charge in [0.05, 0.1) is 11.8 Å². The Bertz CT molecular complexity index is 827. The maximum Gasteiger partial charge on any atom is 0.226 e. The molecule has 0 amide bonds. The number of nitrogens with zero attached hydrogens (tertiary/aromatic N) is 3. The molecular weight excluding hydrogens is 386 g/mol. The average Bonchev–Trinajstić information content (AvgIpc) is 3.51. The summed E-state index contributed by atoms with van der Waals surface area (Å²) in [6.45, 7) is 6.39. The zero-order valence-corrected chi connectivity index (χ0v) is 18.9. The Balaban J connectivity index is 1.11. The molecule has 1 aliphatic carbocycles. The first-order valence-corrected chi connectivity index (χ1v) is 12.4. The van der Waals surface area contributed by atoms with Crippen LogP contribution in [0.25, 0.3) is 11.5 Å². The number of piperidine rings is 2. The number of aromatic nitrogens is 1. The van der Waals surface area contributed by atoms with Crippen LogP contribution < -0.4 is 4.90 Å². The molecular formula is C26H37N3O2. The minimum Gasteiger partial charge on any atom is -0.444 e. The Hall–Kier alpha value is -1.85. The van der Waals surface area contributed by atoms with Crippen molar-refractivity contribution < 1.29 is 9.52 Å². The number of aliphatic hydroxyl groups excluding tert-OH is 1. The highest BCUT2D eigenvalue weighted by Gasteiger charge is 2.34. The second kappa shape index (κ2) is 9.33. The molecule has 1 aromatic carbocycles. The Labute approximate surface area is 186 Å². The molecule has 0 bridgehead atoms. The summed E-state index contributed by atoms with van der Waals surface area (Å²) in [5.41, 5.74) is 3.18. The largest absolute Gasteiger partial charge is 0.444 e. The maximum atomic E-state index is 11.1. The van der Waals surface area contributed by atoms with Crippen LogP contribution in [0.15, 0.2) is 34.9 Å². The van der Waals surface area contributed by atoms with E-state index in [-0.39, 0.29) is 6.10 Å². The first kappa shape index (κ1) is 21.0. The van der Waals surface area contributed by atoms with E-state index < -0.39 is 0 Å². The van der Waals surface area contributed by atoms with Crippen LogP contribution in [0.1, 0.15) is 57.1 Å². The fraction of sp³-hybridized carbons (Fsp3) is 0.654. The number of oxazole rings is 1. The third kappa shape index (κ3) is 4.68. The van der Waals surface area contributed by atoms with Crippen LogP contribution >= 0.6 is 0 Å². The fourth-order valence-electron chi connectivity index (χ4n) is 6.08. The summed E-state index contributed by atoms with van der Waals surface area (Å²) in [4.78, 5) is 9.58. The zero-order valence-electron chi connectivity index (χ0n) is 18.9. The molecule has 5 rings (SSSR count). The van der Waals surface area contributed by atoms with Gasteiger partial charge in [-0.2, -0.15) is 0 Å². The second-order valence-electron chi connectivity index (χ2n) is 9.97. The number of rotatable bonds is 5. The lowest BCUT2D eigenvalue weighted by Gasteiger charge is -2.42. The molecule has 2 aromatic rings. The van der Waals surface area contributed by atoms with Crippen molar-refractivity contribution >= 4 is 5.69 Å². The standard InChI is InChI=1S/C26H37N3O2/c1-19-18-31-26(27-19)22-6-8-24(9-7-22)29-16-12-21(13-17-29)25(30)20-10-14-28(15-11-20)23-4-2-3-5-23/h6-9,18,20-21,23,25,30H,2-5,10-17H2,1H3. The summed E-state index contributed by atoms with van der Waals surface area (Å²) in [7, 11) is 0. The van der Waals surface area contributed by atoms with Gasteiger partial charge < -0.3 is 19.3 Å². The first-order valence-electron chi connectivity index (χ1n) is 12.4. The highest BCUT2D eigenvalue weighted by molar-refractivity contribution is 5.59. The molecule has 5 nitrogen and oxygen atoms in total. The zero-order chi connectivity index (χ0) is 21.2. The summed E-state index contributed by atoms with van der Waals surface area (Å²) in [6, 6.07) is 9.37. The molecule has 168 valence electrons. The van der Waals surface area contributed by atoms with Crippen LogP contribution in [0, 0.1) is 18.8 Å². The van der Waals surface area contributed by atoms with E-state index in [4.69, 9.17) is 4.42 Å². The number of hydrogen-bond donors (Lipinski definition) is 1. The minimum absolute atomic E-state index is 0.122. The minimum atomic E-state index is -0.122. The van der Waals surface area contributed by atoms with Crippen LogP contribution in [0.4, 0.5) is 5.69 Å². The summed E-state index contributed by atoms with van der Waals surface area (Å²) in [6.07, 6.45) is 11.7. The topological polar surface area (TPSA) is 52.7 Å². The van der Waals surface area contributed by atoms with Crippen LogP contribution in [0.5, 0.6) is 0 Å². The van der Waals surface area contributed by atoms with E-state index in [1.54, 1.807) is 6.26 Å². The first-order chi connectivity index (χ1) is 15.2. The summed E-state index contributed by atoms with van der Waals surface area (Å²) in [5, 5.41) is 11.1. The molecule has 1 aromatic heterocycles. The molecule has 3 aliphatic rings. The van der Waals surface area contributed by atoms with E-state index in [1.165, 1.54) is 57.3 Å². The van der Waals surface area contributed by atoms with Crippen LogP contribution in [-0.4, -0.2) is 53.3 Å². The van der Waals surface area contributed by atoms with E-state index in [1.807, 2.05) is 6.92 Å². The number of aryl methyl sites for hydroxylation is 1. The van der Waals surface area contributed by atoms with Crippen molar-refractivity contribution in [3.8, 4) is 11.5 Å². The normalized spacial score (nSPS) is 23.5. The van der Waals surface area contributed by atoms with E-state index in [0.29, 0.717) is 17.7 Å². The van der Waals surface area contributed by atoms with E-state index in [2.05, 4.69) is 39.0 Å². The van der Waals surface area contributed by atoms with Crippen molar-refractivity contribution in [2.45, 2.75) is 70.4 Å². The molecule has 31 heavy (non-hydrogen) atoms. The SMILES string of the molecule is Cc1coc(-c2ccc(N3CCC(C(O)C4CCN(C5CCCC5)CC4)CC3)cc2)n1.